The average Bonchev–Trinajstić information content (AvgIpc) is 3.31. The quantitative estimate of drug-likeness (QED) is 0.883. The molecule has 2 aliphatic rings. The van der Waals surface area contributed by atoms with E-state index in [-0.39, 0.29) is 17.6 Å². The number of fused-ring (bicyclic) bond motifs is 1. The summed E-state index contributed by atoms with van der Waals surface area (Å²) in [5.41, 5.74) is 0.992. The molecular formula is C19H23N3O3S. The third-order valence-corrected chi connectivity index (χ3v) is 6.24. The number of carbonyl (C=O) groups excluding carboxylic acids is 2. The highest BCUT2D eigenvalue weighted by molar-refractivity contribution is 7.15. The summed E-state index contributed by atoms with van der Waals surface area (Å²) in [5.74, 6) is 0.785. The van der Waals surface area contributed by atoms with Crippen LogP contribution < -0.4 is 5.32 Å². The van der Waals surface area contributed by atoms with E-state index in [0.29, 0.717) is 30.6 Å². The fraction of sp³-hybridized carbons (Fsp3) is 0.526. The van der Waals surface area contributed by atoms with Crippen LogP contribution in [0.1, 0.15) is 59.7 Å². The van der Waals surface area contributed by atoms with Gasteiger partial charge < -0.3 is 9.32 Å². The molecule has 0 atom stereocenters. The van der Waals surface area contributed by atoms with E-state index >= 15 is 0 Å². The molecule has 2 aromatic heterocycles. The van der Waals surface area contributed by atoms with Crippen LogP contribution >= 0.6 is 11.3 Å². The second-order valence-electron chi connectivity index (χ2n) is 7.09. The van der Waals surface area contributed by atoms with Crippen LogP contribution in [0.15, 0.2) is 22.8 Å². The number of anilines is 1. The topological polar surface area (TPSA) is 75.4 Å². The standard InChI is InChI=1S/C19H23N3O3S/c23-17(11-13-5-2-1-3-6-13)22-9-8-14-16(12-22)26-19(20-14)21-18(24)15-7-4-10-25-15/h4,7,10,13H,1-3,5-6,8-9,11-12H2,(H,20,21,24). The highest BCUT2D eigenvalue weighted by Gasteiger charge is 2.27. The molecule has 138 valence electrons. The van der Waals surface area contributed by atoms with E-state index in [1.165, 1.54) is 49.7 Å². The van der Waals surface area contributed by atoms with Crippen molar-refractivity contribution in [3.8, 4) is 0 Å². The molecule has 1 N–H and O–H groups in total. The van der Waals surface area contributed by atoms with Crippen LogP contribution in [0.25, 0.3) is 0 Å². The molecule has 1 saturated carbocycles. The van der Waals surface area contributed by atoms with Gasteiger partial charge in [0.15, 0.2) is 10.9 Å². The summed E-state index contributed by atoms with van der Waals surface area (Å²) in [4.78, 5) is 32.3. The van der Waals surface area contributed by atoms with Crippen molar-refractivity contribution in [2.24, 2.45) is 5.92 Å². The van der Waals surface area contributed by atoms with Crippen LogP contribution in [0.3, 0.4) is 0 Å². The van der Waals surface area contributed by atoms with Gasteiger partial charge in [-0.25, -0.2) is 4.98 Å². The predicted molar refractivity (Wildman–Crippen MR) is 99.1 cm³/mol. The molecule has 2 amide bonds. The Bertz CT molecular complexity index is 778. The Morgan fingerprint density at radius 3 is 2.92 bits per heavy atom. The smallest absolute Gasteiger partial charge is 0.293 e. The van der Waals surface area contributed by atoms with Crippen molar-refractivity contribution in [1.29, 1.82) is 0 Å². The molecule has 1 aliphatic heterocycles. The molecule has 0 bridgehead atoms. The van der Waals surface area contributed by atoms with Crippen molar-refractivity contribution in [3.63, 3.8) is 0 Å². The summed E-state index contributed by atoms with van der Waals surface area (Å²) in [6, 6.07) is 3.30. The van der Waals surface area contributed by atoms with Crippen molar-refractivity contribution < 1.29 is 14.0 Å². The largest absolute Gasteiger partial charge is 0.459 e. The molecule has 0 saturated heterocycles. The number of nitrogens with one attached hydrogen (secondary N) is 1. The molecule has 1 fully saturated rings. The fourth-order valence-electron chi connectivity index (χ4n) is 3.80. The van der Waals surface area contributed by atoms with Gasteiger partial charge in [0.2, 0.25) is 5.91 Å². The lowest BCUT2D eigenvalue weighted by molar-refractivity contribution is -0.133. The lowest BCUT2D eigenvalue weighted by Gasteiger charge is -2.29. The number of carbonyl (C=O) groups is 2. The Morgan fingerprint density at radius 1 is 1.31 bits per heavy atom. The maximum Gasteiger partial charge on any atom is 0.293 e. The van der Waals surface area contributed by atoms with Crippen LogP contribution in [-0.2, 0) is 17.8 Å². The minimum absolute atomic E-state index is 0.261. The minimum Gasteiger partial charge on any atom is -0.459 e. The summed E-state index contributed by atoms with van der Waals surface area (Å²) < 4.78 is 5.10. The maximum atomic E-state index is 12.6. The van der Waals surface area contributed by atoms with E-state index in [1.54, 1.807) is 12.1 Å². The monoisotopic (exact) mass is 373 g/mol. The predicted octanol–water partition coefficient (Wildman–Crippen LogP) is 3.84. The molecule has 7 heteroatoms. The van der Waals surface area contributed by atoms with Crippen molar-refractivity contribution in [2.75, 3.05) is 11.9 Å². The number of thiazole rings is 1. The van der Waals surface area contributed by atoms with Gasteiger partial charge in [0.1, 0.15) is 0 Å². The van der Waals surface area contributed by atoms with Crippen LogP contribution in [0.2, 0.25) is 0 Å². The molecule has 26 heavy (non-hydrogen) atoms. The van der Waals surface area contributed by atoms with Crippen molar-refractivity contribution in [1.82, 2.24) is 9.88 Å². The molecule has 0 spiro atoms. The van der Waals surface area contributed by atoms with E-state index in [0.717, 1.165) is 17.0 Å². The third kappa shape index (κ3) is 3.82. The summed E-state index contributed by atoms with van der Waals surface area (Å²) in [6.45, 7) is 1.32. The molecule has 4 rings (SSSR count). The minimum atomic E-state index is -0.300. The Labute approximate surface area is 156 Å². The van der Waals surface area contributed by atoms with Gasteiger partial charge in [0, 0.05) is 24.3 Å². The fourth-order valence-corrected chi connectivity index (χ4v) is 4.81. The second-order valence-corrected chi connectivity index (χ2v) is 8.18. The number of furan rings is 1. The van der Waals surface area contributed by atoms with Crippen molar-refractivity contribution in [2.45, 2.75) is 51.5 Å². The Balaban J connectivity index is 1.37. The Kier molecular flexibility index (Phi) is 5.06. The molecular weight excluding hydrogens is 350 g/mol. The zero-order valence-electron chi connectivity index (χ0n) is 14.7. The van der Waals surface area contributed by atoms with E-state index in [9.17, 15) is 9.59 Å². The lowest BCUT2D eigenvalue weighted by Crippen LogP contribution is -2.36. The number of aromatic nitrogens is 1. The van der Waals surface area contributed by atoms with Gasteiger partial charge in [0.05, 0.1) is 18.5 Å². The van der Waals surface area contributed by atoms with Crippen molar-refractivity contribution >= 4 is 28.3 Å². The second kappa shape index (κ2) is 7.61. The highest BCUT2D eigenvalue weighted by atomic mass is 32.1. The summed E-state index contributed by atoms with van der Waals surface area (Å²) in [5, 5.41) is 3.35. The first-order chi connectivity index (χ1) is 12.7. The zero-order chi connectivity index (χ0) is 17.9. The molecule has 2 aromatic rings. The van der Waals surface area contributed by atoms with Crippen LogP contribution in [0.4, 0.5) is 5.13 Å². The summed E-state index contributed by atoms with van der Waals surface area (Å²) in [7, 11) is 0. The number of amides is 2. The molecule has 0 radical (unpaired) electrons. The number of hydrogen-bond acceptors (Lipinski definition) is 5. The van der Waals surface area contributed by atoms with Gasteiger partial charge in [-0.2, -0.15) is 0 Å². The molecule has 0 unspecified atom stereocenters. The first-order valence-corrected chi connectivity index (χ1v) is 10.1. The van der Waals surface area contributed by atoms with Crippen molar-refractivity contribution in [3.05, 3.63) is 34.7 Å². The van der Waals surface area contributed by atoms with Gasteiger partial charge >= 0.3 is 0 Å². The normalized spacial score (nSPS) is 17.8. The molecule has 6 nitrogen and oxygen atoms in total. The van der Waals surface area contributed by atoms with Crippen LogP contribution in [-0.4, -0.2) is 28.2 Å². The van der Waals surface area contributed by atoms with Gasteiger partial charge in [-0.1, -0.05) is 30.6 Å². The summed E-state index contributed by atoms with van der Waals surface area (Å²) >= 11 is 1.45. The van der Waals surface area contributed by atoms with Crippen LogP contribution in [0, 0.1) is 5.92 Å². The molecule has 1 aliphatic carbocycles. The Hall–Kier alpha value is -2.15. The average molecular weight is 373 g/mol. The maximum absolute atomic E-state index is 12.6. The number of hydrogen-bond donors (Lipinski definition) is 1. The SMILES string of the molecule is O=C(Nc1nc2c(s1)CN(C(=O)CC1CCCCC1)CC2)c1ccco1. The van der Waals surface area contributed by atoms with E-state index in [1.807, 2.05) is 4.90 Å². The first-order valence-electron chi connectivity index (χ1n) is 9.30. The van der Waals surface area contributed by atoms with Gasteiger partial charge in [0.25, 0.3) is 5.91 Å². The third-order valence-electron chi connectivity index (χ3n) is 5.24. The number of rotatable bonds is 4. The highest BCUT2D eigenvalue weighted by Crippen LogP contribution is 2.31. The van der Waals surface area contributed by atoms with Gasteiger partial charge in [-0.05, 0) is 30.9 Å². The van der Waals surface area contributed by atoms with Crippen LogP contribution in [0.5, 0.6) is 0 Å². The van der Waals surface area contributed by atoms with E-state index < -0.39 is 0 Å². The zero-order valence-corrected chi connectivity index (χ0v) is 15.5. The Morgan fingerprint density at radius 2 is 2.15 bits per heavy atom. The van der Waals surface area contributed by atoms with Gasteiger partial charge in [-0.15, -0.1) is 0 Å². The lowest BCUT2D eigenvalue weighted by atomic mass is 9.86. The van der Waals surface area contributed by atoms with E-state index in [4.69, 9.17) is 4.42 Å². The molecule has 0 aromatic carbocycles. The van der Waals surface area contributed by atoms with E-state index in [2.05, 4.69) is 10.3 Å². The number of nitrogens with zero attached hydrogens (tertiary/aromatic N) is 2. The molecule has 3 heterocycles. The summed E-state index contributed by atoms with van der Waals surface area (Å²) in [6.07, 6.45) is 9.10. The van der Waals surface area contributed by atoms with Gasteiger partial charge in [-0.3, -0.25) is 14.9 Å². The first kappa shape index (κ1) is 17.3.